The van der Waals surface area contributed by atoms with Crippen LogP contribution in [-0.2, 0) is 0 Å². The van der Waals surface area contributed by atoms with Crippen LogP contribution in [0.3, 0.4) is 0 Å². The van der Waals surface area contributed by atoms with Crippen molar-refractivity contribution in [3.8, 4) is 0 Å². The number of hydrogen-bond acceptors (Lipinski definition) is 2. The normalized spacial score (nSPS) is 13.6. The molecule has 3 heteroatoms. The number of alkyl halides is 1. The molecule has 0 saturated carbocycles. The maximum Gasteiger partial charge on any atom is 0.0684 e. The third-order valence-electron chi connectivity index (χ3n) is 1.01. The van der Waals surface area contributed by atoms with Crippen molar-refractivity contribution in [3.63, 3.8) is 0 Å². The fraction of sp³-hybridized carbons (Fsp3) is 0.333. The zero-order valence-electron chi connectivity index (χ0n) is 4.75. The Kier molecular flexibility index (Phi) is 2.94. The van der Waals surface area contributed by atoms with Crippen LogP contribution in [0.2, 0.25) is 0 Å². The van der Waals surface area contributed by atoms with E-state index in [-0.39, 0.29) is 10.5 Å². The first-order valence-corrected chi connectivity index (χ1v) is 4.75. The predicted molar refractivity (Wildman–Crippen MR) is 48.2 cm³/mol. The minimum Gasteiger partial charge on any atom is -0.395 e. The highest BCUT2D eigenvalue weighted by molar-refractivity contribution is 14.1. The van der Waals surface area contributed by atoms with Crippen LogP contribution in [0, 0.1) is 0 Å². The summed E-state index contributed by atoms with van der Waals surface area (Å²) in [5, 5.41) is 10.7. The number of thiophene rings is 1. The molecule has 0 aliphatic heterocycles. The molecule has 0 saturated heterocycles. The molecule has 1 N–H and O–H groups in total. The Hall–Kier alpha value is 0.390. The molecule has 1 aromatic rings. The molecule has 9 heavy (non-hydrogen) atoms. The van der Waals surface area contributed by atoms with E-state index >= 15 is 0 Å². The minimum atomic E-state index is 0.237. The molecule has 0 spiro atoms. The molecule has 1 nitrogen and oxygen atoms in total. The summed E-state index contributed by atoms with van der Waals surface area (Å²) in [7, 11) is 0. The van der Waals surface area contributed by atoms with Crippen molar-refractivity contribution in [1.29, 1.82) is 0 Å². The third-order valence-corrected chi connectivity index (χ3v) is 3.49. The van der Waals surface area contributed by atoms with Crippen LogP contribution in [-0.4, -0.2) is 11.7 Å². The van der Waals surface area contributed by atoms with Gasteiger partial charge in [0.25, 0.3) is 0 Å². The van der Waals surface area contributed by atoms with Crippen LogP contribution in [0.4, 0.5) is 0 Å². The van der Waals surface area contributed by atoms with Crippen LogP contribution >= 0.6 is 33.9 Å². The second kappa shape index (κ2) is 3.53. The average molecular weight is 254 g/mol. The molecule has 0 radical (unpaired) electrons. The summed E-state index contributed by atoms with van der Waals surface area (Å²) in [4.78, 5) is 1.25. The van der Waals surface area contributed by atoms with Gasteiger partial charge < -0.3 is 5.11 Å². The van der Waals surface area contributed by atoms with Crippen molar-refractivity contribution >= 4 is 33.9 Å². The molecule has 0 aromatic carbocycles. The van der Waals surface area contributed by atoms with Gasteiger partial charge in [-0.05, 0) is 11.4 Å². The summed E-state index contributed by atoms with van der Waals surface area (Å²) in [6.07, 6.45) is 0. The van der Waals surface area contributed by atoms with E-state index in [1.165, 1.54) is 4.88 Å². The first kappa shape index (κ1) is 7.50. The monoisotopic (exact) mass is 254 g/mol. The highest BCUT2D eigenvalue weighted by Crippen LogP contribution is 2.26. The van der Waals surface area contributed by atoms with Crippen LogP contribution in [0.25, 0.3) is 0 Å². The predicted octanol–water partition coefficient (Wildman–Crippen LogP) is 2.22. The molecule has 1 aromatic heterocycles. The average Bonchev–Trinajstić information content (AvgIpc) is 2.37. The zero-order valence-corrected chi connectivity index (χ0v) is 7.72. The molecule has 1 rings (SSSR count). The Balaban J connectivity index is 2.65. The molecule has 0 amide bonds. The number of halogens is 1. The molecular weight excluding hydrogens is 247 g/mol. The van der Waals surface area contributed by atoms with Crippen molar-refractivity contribution in [3.05, 3.63) is 22.4 Å². The zero-order chi connectivity index (χ0) is 6.69. The van der Waals surface area contributed by atoms with Gasteiger partial charge >= 0.3 is 0 Å². The van der Waals surface area contributed by atoms with E-state index in [1.807, 2.05) is 17.5 Å². The summed E-state index contributed by atoms with van der Waals surface area (Å²) in [5.41, 5.74) is 0. The van der Waals surface area contributed by atoms with E-state index in [1.54, 1.807) is 11.3 Å². The molecular formula is C6H7IOS. The SMILES string of the molecule is OC[C@@H](I)c1cccs1. The van der Waals surface area contributed by atoms with E-state index in [2.05, 4.69) is 22.6 Å². The molecule has 1 atom stereocenters. The Bertz CT molecular complexity index is 162. The summed E-state index contributed by atoms with van der Waals surface area (Å²) >= 11 is 3.92. The lowest BCUT2D eigenvalue weighted by Gasteiger charge is -1.99. The summed E-state index contributed by atoms with van der Waals surface area (Å²) in [6.45, 7) is 0.237. The standard InChI is InChI=1S/C6H7IOS/c7-5(4-8)6-2-1-3-9-6/h1-3,5,8H,4H2/t5-/m1/s1. The molecule has 50 valence electrons. The van der Waals surface area contributed by atoms with Crippen LogP contribution in [0.5, 0.6) is 0 Å². The summed E-state index contributed by atoms with van der Waals surface area (Å²) in [5.74, 6) is 0. The van der Waals surface area contributed by atoms with Crippen molar-refractivity contribution in [1.82, 2.24) is 0 Å². The molecule has 0 aliphatic carbocycles. The Labute approximate surface area is 71.9 Å². The minimum absolute atomic E-state index is 0.237. The number of rotatable bonds is 2. The highest BCUT2D eigenvalue weighted by atomic mass is 127. The van der Waals surface area contributed by atoms with Gasteiger partial charge in [0.15, 0.2) is 0 Å². The molecule has 0 bridgehead atoms. The van der Waals surface area contributed by atoms with Gasteiger partial charge in [-0.3, -0.25) is 0 Å². The highest BCUT2D eigenvalue weighted by Gasteiger charge is 2.04. The second-order valence-electron chi connectivity index (χ2n) is 1.67. The fourth-order valence-electron chi connectivity index (χ4n) is 0.559. The van der Waals surface area contributed by atoms with Gasteiger partial charge in [0, 0.05) is 4.88 Å². The number of aliphatic hydroxyl groups excluding tert-OH is 1. The van der Waals surface area contributed by atoms with Gasteiger partial charge in [-0.2, -0.15) is 0 Å². The summed E-state index contributed by atoms with van der Waals surface area (Å²) < 4.78 is 0.280. The van der Waals surface area contributed by atoms with E-state index in [4.69, 9.17) is 5.11 Å². The molecule has 0 aliphatic rings. The lowest BCUT2D eigenvalue weighted by atomic mass is 10.4. The number of aliphatic hydroxyl groups is 1. The number of hydrogen-bond donors (Lipinski definition) is 1. The maximum absolute atomic E-state index is 8.71. The fourth-order valence-corrected chi connectivity index (χ4v) is 1.90. The van der Waals surface area contributed by atoms with Crippen molar-refractivity contribution in [2.45, 2.75) is 3.92 Å². The first-order valence-electron chi connectivity index (χ1n) is 2.63. The molecule has 1 heterocycles. The quantitative estimate of drug-likeness (QED) is 0.633. The Morgan fingerprint density at radius 1 is 1.78 bits per heavy atom. The van der Waals surface area contributed by atoms with Crippen LogP contribution < -0.4 is 0 Å². The van der Waals surface area contributed by atoms with E-state index in [0.29, 0.717) is 0 Å². The lowest BCUT2D eigenvalue weighted by Crippen LogP contribution is -1.90. The van der Waals surface area contributed by atoms with E-state index in [9.17, 15) is 0 Å². The Morgan fingerprint density at radius 3 is 3.00 bits per heavy atom. The summed E-state index contributed by atoms with van der Waals surface area (Å²) in [6, 6.07) is 4.04. The van der Waals surface area contributed by atoms with E-state index in [0.717, 1.165) is 0 Å². The van der Waals surface area contributed by atoms with Gasteiger partial charge in [-0.15, -0.1) is 11.3 Å². The van der Waals surface area contributed by atoms with Gasteiger partial charge in [-0.25, -0.2) is 0 Å². The van der Waals surface area contributed by atoms with Crippen molar-refractivity contribution in [2.75, 3.05) is 6.61 Å². The van der Waals surface area contributed by atoms with Gasteiger partial charge in [0.05, 0.1) is 10.5 Å². The maximum atomic E-state index is 8.71. The largest absolute Gasteiger partial charge is 0.395 e. The van der Waals surface area contributed by atoms with Crippen molar-refractivity contribution in [2.24, 2.45) is 0 Å². The van der Waals surface area contributed by atoms with Crippen molar-refractivity contribution < 1.29 is 5.11 Å². The van der Waals surface area contributed by atoms with Gasteiger partial charge in [-0.1, -0.05) is 28.7 Å². The van der Waals surface area contributed by atoms with Crippen LogP contribution in [0.15, 0.2) is 17.5 Å². The third kappa shape index (κ3) is 1.91. The topological polar surface area (TPSA) is 20.2 Å². The van der Waals surface area contributed by atoms with Crippen LogP contribution in [0.1, 0.15) is 8.80 Å². The Morgan fingerprint density at radius 2 is 2.56 bits per heavy atom. The van der Waals surface area contributed by atoms with Gasteiger partial charge in [0.2, 0.25) is 0 Å². The molecule has 0 unspecified atom stereocenters. The lowest BCUT2D eigenvalue weighted by molar-refractivity contribution is 0.302. The first-order chi connectivity index (χ1) is 4.34. The molecule has 0 fully saturated rings. The van der Waals surface area contributed by atoms with Gasteiger partial charge in [0.1, 0.15) is 0 Å². The smallest absolute Gasteiger partial charge is 0.0684 e. The van der Waals surface area contributed by atoms with E-state index < -0.39 is 0 Å². The second-order valence-corrected chi connectivity index (χ2v) is 4.15.